The Hall–Kier alpha value is -4.26. The molecule has 1 fully saturated rings. The van der Waals surface area contributed by atoms with Gasteiger partial charge in [-0.2, -0.15) is 0 Å². The largest absolute Gasteiger partial charge is 0.385 e. The first kappa shape index (κ1) is 32.6. The molecule has 7 rings (SSSR count). The summed E-state index contributed by atoms with van der Waals surface area (Å²) in [5, 5.41) is 10.8. The van der Waals surface area contributed by atoms with Gasteiger partial charge in [-0.3, -0.25) is 4.98 Å². The highest BCUT2D eigenvalue weighted by Gasteiger charge is 2.33. The van der Waals surface area contributed by atoms with Gasteiger partial charge in [-0.15, -0.1) is 0 Å². The monoisotopic (exact) mass is 589 g/mol. The molecular formula is C38H47N5O. The Bertz CT molecular complexity index is 1790. The molecule has 2 aromatic heterocycles. The van der Waals surface area contributed by atoms with Crippen molar-refractivity contribution in [2.45, 2.75) is 53.5 Å². The van der Waals surface area contributed by atoms with E-state index in [2.05, 4.69) is 99.8 Å². The number of aldehydes is 1. The molecule has 1 atom stereocenters. The second-order valence-electron chi connectivity index (χ2n) is 11.1. The zero-order valence-corrected chi connectivity index (χ0v) is 25.7. The van der Waals surface area contributed by atoms with E-state index in [1.165, 1.54) is 23.4 Å². The summed E-state index contributed by atoms with van der Waals surface area (Å²) in [5.41, 5.74) is 11.7. The molecule has 0 saturated carbocycles. The predicted octanol–water partition coefficient (Wildman–Crippen LogP) is 7.92. The van der Waals surface area contributed by atoms with Gasteiger partial charge in [0.05, 0.1) is 22.0 Å². The van der Waals surface area contributed by atoms with Crippen molar-refractivity contribution in [3.8, 4) is 11.1 Å². The smallest absolute Gasteiger partial charge is 0.132 e. The average molecular weight is 590 g/mol. The lowest BCUT2D eigenvalue weighted by Gasteiger charge is -2.35. The lowest BCUT2D eigenvalue weighted by molar-refractivity contribution is -0.114. The van der Waals surface area contributed by atoms with Crippen LogP contribution in [0.5, 0.6) is 0 Å². The molecule has 1 saturated heterocycles. The number of fused-ring (bicyclic) bond motifs is 4. The summed E-state index contributed by atoms with van der Waals surface area (Å²) in [7, 11) is 1.50. The fraction of sp³-hybridized carbons (Fsp3) is 0.316. The fourth-order valence-corrected chi connectivity index (χ4v) is 6.21. The van der Waals surface area contributed by atoms with E-state index >= 15 is 0 Å². The summed E-state index contributed by atoms with van der Waals surface area (Å²) in [6, 6.07) is 26.0. The second kappa shape index (κ2) is 14.5. The molecule has 2 aliphatic rings. The number of benzene rings is 3. The number of nitrogens with two attached hydrogens (primary N) is 1. The molecule has 4 N–H and O–H groups in total. The van der Waals surface area contributed by atoms with Crippen LogP contribution in [0.15, 0.2) is 96.8 Å². The third-order valence-electron chi connectivity index (χ3n) is 8.46. The van der Waals surface area contributed by atoms with Gasteiger partial charge in [-0.25, -0.2) is 0 Å². The Balaban J connectivity index is 0.000000850. The molecule has 1 unspecified atom stereocenters. The molecule has 6 heteroatoms. The van der Waals surface area contributed by atoms with Crippen molar-refractivity contribution in [3.63, 3.8) is 0 Å². The van der Waals surface area contributed by atoms with Gasteiger partial charge >= 0.3 is 0 Å². The van der Waals surface area contributed by atoms with Crippen LogP contribution in [0, 0.1) is 5.41 Å². The van der Waals surface area contributed by atoms with E-state index in [1.54, 1.807) is 0 Å². The number of rotatable bonds is 5. The molecule has 230 valence electrons. The van der Waals surface area contributed by atoms with Gasteiger partial charge in [0.2, 0.25) is 0 Å². The Morgan fingerprint density at radius 1 is 0.977 bits per heavy atom. The number of nitrogens with one attached hydrogen (secondary N) is 2. The van der Waals surface area contributed by atoms with E-state index in [4.69, 9.17) is 4.98 Å². The van der Waals surface area contributed by atoms with Gasteiger partial charge in [0.1, 0.15) is 6.29 Å². The van der Waals surface area contributed by atoms with Crippen LogP contribution in [0.4, 0.5) is 0 Å². The summed E-state index contributed by atoms with van der Waals surface area (Å²) >= 11 is 0. The van der Waals surface area contributed by atoms with Gasteiger partial charge in [0, 0.05) is 45.4 Å². The summed E-state index contributed by atoms with van der Waals surface area (Å²) in [6.45, 7) is 8.05. The molecule has 0 amide bonds. The number of hydrogen-bond acceptors (Lipinski definition) is 5. The zero-order chi connectivity index (χ0) is 30.4. The molecule has 0 bridgehead atoms. The maximum absolute atomic E-state index is 12.3. The standard InChI is InChI=1S/C34H32N4O.C2H6.CH5N.CH4/c1-34(22-39)16-13-26(20-32(34)37-25-14-17-35-18-15-25)38-30-11-5-3-8-28(30)33-27(9-6-12-31(33)38)24-19-23-7-2-4-10-29(23)36-21-24;2*1-2;/h2-13,19-22,25,35,37H,14-18H2,1H3;1-2H3;2H2,1H3;1H4. The van der Waals surface area contributed by atoms with Crippen molar-refractivity contribution in [1.29, 1.82) is 0 Å². The van der Waals surface area contributed by atoms with Gasteiger partial charge < -0.3 is 25.7 Å². The van der Waals surface area contributed by atoms with Crippen LogP contribution in [0.25, 0.3) is 49.5 Å². The SMILES string of the molecule is C.CC.CC1(C=O)CC=C(n2c3ccccc3c3c(-c4cnc5ccccc5c4)cccc32)C=C1NC1CCNCC1.CN. The first-order valence-electron chi connectivity index (χ1n) is 15.5. The minimum atomic E-state index is -0.547. The third-order valence-corrected chi connectivity index (χ3v) is 8.46. The van der Waals surface area contributed by atoms with E-state index in [1.807, 2.05) is 33.0 Å². The van der Waals surface area contributed by atoms with Gasteiger partial charge in [0.25, 0.3) is 0 Å². The third kappa shape index (κ3) is 6.05. The molecule has 3 heterocycles. The van der Waals surface area contributed by atoms with Crippen molar-refractivity contribution < 1.29 is 4.79 Å². The molecule has 3 aromatic carbocycles. The van der Waals surface area contributed by atoms with Crippen LogP contribution in [0.1, 0.15) is 47.5 Å². The molecule has 44 heavy (non-hydrogen) atoms. The molecular weight excluding hydrogens is 542 g/mol. The van der Waals surface area contributed by atoms with Gasteiger partial charge in [0.15, 0.2) is 0 Å². The highest BCUT2D eigenvalue weighted by atomic mass is 16.1. The molecule has 5 aromatic rings. The first-order chi connectivity index (χ1) is 21.1. The van der Waals surface area contributed by atoms with Crippen LogP contribution in [-0.2, 0) is 4.79 Å². The van der Waals surface area contributed by atoms with E-state index in [-0.39, 0.29) is 7.43 Å². The molecule has 1 aliphatic heterocycles. The number of para-hydroxylation sites is 2. The van der Waals surface area contributed by atoms with E-state index < -0.39 is 5.41 Å². The Kier molecular flexibility index (Phi) is 10.7. The number of piperidine rings is 1. The van der Waals surface area contributed by atoms with E-state index in [9.17, 15) is 4.79 Å². The summed E-state index contributed by atoms with van der Waals surface area (Å²) in [6.07, 6.45) is 10.3. The fourth-order valence-electron chi connectivity index (χ4n) is 6.21. The van der Waals surface area contributed by atoms with Gasteiger partial charge in [-0.05, 0) is 82.2 Å². The summed E-state index contributed by atoms with van der Waals surface area (Å²) < 4.78 is 2.36. The van der Waals surface area contributed by atoms with Crippen LogP contribution in [-0.4, -0.2) is 42.0 Å². The van der Waals surface area contributed by atoms with Crippen LogP contribution >= 0.6 is 0 Å². The topological polar surface area (TPSA) is 85.0 Å². The van der Waals surface area contributed by atoms with Crippen molar-refractivity contribution in [2.24, 2.45) is 11.1 Å². The predicted molar refractivity (Wildman–Crippen MR) is 189 cm³/mol. The number of nitrogens with zero attached hydrogens (tertiary/aromatic N) is 2. The molecule has 6 nitrogen and oxygen atoms in total. The number of allylic oxidation sites excluding steroid dienone is 4. The van der Waals surface area contributed by atoms with Crippen molar-refractivity contribution in [2.75, 3.05) is 20.1 Å². The normalized spacial score (nSPS) is 18.2. The summed E-state index contributed by atoms with van der Waals surface area (Å²) in [4.78, 5) is 17.1. The average Bonchev–Trinajstić information content (AvgIpc) is 3.42. The Morgan fingerprint density at radius 3 is 2.45 bits per heavy atom. The van der Waals surface area contributed by atoms with Crippen LogP contribution < -0.4 is 16.4 Å². The lowest BCUT2D eigenvalue weighted by Crippen LogP contribution is -2.43. The minimum Gasteiger partial charge on any atom is -0.385 e. The number of pyridine rings is 1. The number of aromatic nitrogens is 2. The Labute approximate surface area is 262 Å². The van der Waals surface area contributed by atoms with Crippen molar-refractivity contribution in [1.82, 2.24) is 20.2 Å². The number of hydrogen-bond donors (Lipinski definition) is 3. The lowest BCUT2D eigenvalue weighted by atomic mass is 9.80. The Morgan fingerprint density at radius 2 is 1.68 bits per heavy atom. The zero-order valence-electron chi connectivity index (χ0n) is 25.7. The van der Waals surface area contributed by atoms with Crippen LogP contribution in [0.3, 0.4) is 0 Å². The quantitative estimate of drug-likeness (QED) is 0.181. The second-order valence-corrected chi connectivity index (χ2v) is 11.1. The van der Waals surface area contributed by atoms with E-state index in [0.717, 1.165) is 71.1 Å². The van der Waals surface area contributed by atoms with Crippen molar-refractivity contribution >= 4 is 44.7 Å². The van der Waals surface area contributed by atoms with Gasteiger partial charge in [-0.1, -0.05) is 75.9 Å². The maximum atomic E-state index is 12.3. The number of carbonyl (C=O) groups is 1. The van der Waals surface area contributed by atoms with Crippen molar-refractivity contribution in [3.05, 3.63) is 96.8 Å². The summed E-state index contributed by atoms with van der Waals surface area (Å²) in [5.74, 6) is 0. The number of carbonyl (C=O) groups excluding carboxylic acids is 1. The highest BCUT2D eigenvalue weighted by Crippen LogP contribution is 2.41. The maximum Gasteiger partial charge on any atom is 0.132 e. The first-order valence-corrected chi connectivity index (χ1v) is 15.5. The minimum absolute atomic E-state index is 0. The molecule has 0 spiro atoms. The molecule has 1 aliphatic carbocycles. The van der Waals surface area contributed by atoms with Crippen LogP contribution in [0.2, 0.25) is 0 Å². The van der Waals surface area contributed by atoms with E-state index in [0.29, 0.717) is 12.5 Å². The highest BCUT2D eigenvalue weighted by molar-refractivity contribution is 6.16. The molecule has 0 radical (unpaired) electrons.